The third kappa shape index (κ3) is 57.8. The number of phosphoric ester groups is 2. The van der Waals surface area contributed by atoms with Gasteiger partial charge >= 0.3 is 39.5 Å². The van der Waals surface area contributed by atoms with Crippen molar-refractivity contribution in [2.45, 2.75) is 348 Å². The first-order chi connectivity index (χ1) is 40.6. The maximum atomic E-state index is 13.0. The number of carbonyl (C=O) groups excluding carboxylic acids is 4. The summed E-state index contributed by atoms with van der Waals surface area (Å²) in [6.07, 6.45) is 43.5. The summed E-state index contributed by atoms with van der Waals surface area (Å²) in [6, 6.07) is 0. The van der Waals surface area contributed by atoms with E-state index in [9.17, 15) is 43.2 Å². The van der Waals surface area contributed by atoms with Gasteiger partial charge in [0, 0.05) is 25.7 Å². The number of phosphoric acid groups is 2. The highest BCUT2D eigenvalue weighted by Gasteiger charge is 2.30. The van der Waals surface area contributed by atoms with E-state index < -0.39 is 97.5 Å². The van der Waals surface area contributed by atoms with Crippen LogP contribution in [0.15, 0.2) is 0 Å². The minimum Gasteiger partial charge on any atom is -0.462 e. The predicted octanol–water partition coefficient (Wildman–Crippen LogP) is 18.2. The zero-order valence-corrected chi connectivity index (χ0v) is 55.8. The van der Waals surface area contributed by atoms with Crippen LogP contribution in [-0.4, -0.2) is 96.7 Å². The molecule has 3 unspecified atom stereocenters. The Hall–Kier alpha value is -1.94. The predicted molar refractivity (Wildman–Crippen MR) is 335 cm³/mol. The van der Waals surface area contributed by atoms with E-state index in [0.717, 1.165) is 102 Å². The average molecular weight is 1240 g/mol. The molecule has 0 amide bonds. The first-order valence-electron chi connectivity index (χ1n) is 34.2. The minimum absolute atomic E-state index is 0.105. The van der Waals surface area contributed by atoms with Gasteiger partial charge in [-0.2, -0.15) is 0 Å². The Bertz CT molecular complexity index is 1640. The second kappa shape index (κ2) is 58.7. The molecule has 498 valence electrons. The first-order valence-corrected chi connectivity index (χ1v) is 37.2. The van der Waals surface area contributed by atoms with Crippen molar-refractivity contribution in [3.05, 3.63) is 0 Å². The Kier molecular flexibility index (Phi) is 57.4. The van der Waals surface area contributed by atoms with Crippen LogP contribution in [0, 0.1) is 5.92 Å². The van der Waals surface area contributed by atoms with Crippen LogP contribution in [0.3, 0.4) is 0 Å². The van der Waals surface area contributed by atoms with Gasteiger partial charge in [-0.3, -0.25) is 37.3 Å². The van der Waals surface area contributed by atoms with Gasteiger partial charge in [-0.05, 0) is 31.6 Å². The summed E-state index contributed by atoms with van der Waals surface area (Å²) in [5.74, 6) is -1.37. The van der Waals surface area contributed by atoms with Crippen LogP contribution in [0.1, 0.15) is 330 Å². The molecule has 0 bridgehead atoms. The molecule has 0 rings (SSSR count). The van der Waals surface area contributed by atoms with Crippen molar-refractivity contribution in [1.29, 1.82) is 0 Å². The molecule has 6 atom stereocenters. The lowest BCUT2D eigenvalue weighted by atomic mass is 9.99. The number of aliphatic hydroxyl groups excluding tert-OH is 1. The highest BCUT2D eigenvalue weighted by molar-refractivity contribution is 7.47. The first kappa shape index (κ1) is 82.1. The summed E-state index contributed by atoms with van der Waals surface area (Å²) in [5.41, 5.74) is 0. The Balaban J connectivity index is 5.14. The zero-order valence-electron chi connectivity index (χ0n) is 54.0. The lowest BCUT2D eigenvalue weighted by Crippen LogP contribution is -2.30. The van der Waals surface area contributed by atoms with Crippen molar-refractivity contribution >= 4 is 39.5 Å². The topological polar surface area (TPSA) is 237 Å². The highest BCUT2D eigenvalue weighted by Crippen LogP contribution is 2.45. The third-order valence-corrected chi connectivity index (χ3v) is 17.3. The molecule has 0 aromatic carbocycles. The Morgan fingerprint density at radius 1 is 0.333 bits per heavy atom. The number of carbonyl (C=O) groups is 4. The lowest BCUT2D eigenvalue weighted by molar-refractivity contribution is -0.161. The van der Waals surface area contributed by atoms with Gasteiger partial charge in [-0.25, -0.2) is 9.13 Å². The number of aliphatic hydroxyl groups is 1. The molecule has 17 nitrogen and oxygen atoms in total. The van der Waals surface area contributed by atoms with Crippen LogP contribution in [0.25, 0.3) is 0 Å². The molecule has 19 heteroatoms. The SMILES string of the molecule is CCCCCCCCCCCCCCCCCCCCC(=O)O[C@H](COC(=O)CCCCCCCCCCC(C)CC)COP(=O)(O)OC[C@@H](O)COP(=O)(O)OC[C@@H](COC(=O)CCCCCCC)OC(=O)CCCCCCCCCCC. The zero-order chi connectivity index (χ0) is 62.0. The number of esters is 4. The van der Waals surface area contributed by atoms with Crippen LogP contribution < -0.4 is 0 Å². The van der Waals surface area contributed by atoms with Gasteiger partial charge < -0.3 is 33.8 Å². The van der Waals surface area contributed by atoms with E-state index in [1.807, 2.05) is 0 Å². The number of hydrogen-bond donors (Lipinski definition) is 3. The summed E-state index contributed by atoms with van der Waals surface area (Å²) in [5, 5.41) is 10.5. The number of ether oxygens (including phenoxy) is 4. The third-order valence-electron chi connectivity index (χ3n) is 15.4. The molecule has 0 aliphatic carbocycles. The van der Waals surface area contributed by atoms with Crippen LogP contribution in [0.2, 0.25) is 0 Å². The van der Waals surface area contributed by atoms with Gasteiger partial charge in [0.25, 0.3) is 0 Å². The van der Waals surface area contributed by atoms with Gasteiger partial charge in [0.1, 0.15) is 19.3 Å². The second-order valence-electron chi connectivity index (χ2n) is 23.7. The second-order valence-corrected chi connectivity index (χ2v) is 26.7. The highest BCUT2D eigenvalue weighted by atomic mass is 31.2. The standard InChI is InChI=1S/C65H126O17P2/c1-6-10-13-16-18-20-21-22-23-24-25-26-27-28-30-36-41-46-51-65(70)82-61(55-76-63(68)49-44-39-34-32-31-33-38-42-47-58(5)9-4)57-80-84(73,74)78-53-59(66)52-77-83(71,72)79-56-60(54-75-62(67)48-43-37-15-12-8-3)81-64(69)50-45-40-35-29-19-17-14-11-7-2/h58-61,66H,6-57H2,1-5H3,(H,71,72)(H,73,74)/t58?,59-,60+,61+/m0/s1. The molecule has 0 aromatic heterocycles. The molecule has 0 saturated heterocycles. The summed E-state index contributed by atoms with van der Waals surface area (Å²) in [7, 11) is -9.88. The minimum atomic E-state index is -4.94. The van der Waals surface area contributed by atoms with Crippen LogP contribution in [0.4, 0.5) is 0 Å². The Labute approximate surface area is 511 Å². The van der Waals surface area contributed by atoms with Crippen molar-refractivity contribution in [1.82, 2.24) is 0 Å². The molecular weight excluding hydrogens is 1110 g/mol. The van der Waals surface area contributed by atoms with Crippen molar-refractivity contribution < 1.29 is 80.2 Å². The van der Waals surface area contributed by atoms with Crippen LogP contribution in [-0.2, 0) is 65.4 Å². The van der Waals surface area contributed by atoms with Crippen molar-refractivity contribution in [2.75, 3.05) is 39.6 Å². The molecule has 0 radical (unpaired) electrons. The Morgan fingerprint density at radius 3 is 0.845 bits per heavy atom. The average Bonchev–Trinajstić information content (AvgIpc) is 3.60. The van der Waals surface area contributed by atoms with E-state index in [0.29, 0.717) is 25.7 Å². The van der Waals surface area contributed by atoms with Crippen molar-refractivity contribution in [3.63, 3.8) is 0 Å². The summed E-state index contributed by atoms with van der Waals surface area (Å²) >= 11 is 0. The molecule has 0 heterocycles. The van der Waals surface area contributed by atoms with E-state index >= 15 is 0 Å². The van der Waals surface area contributed by atoms with Gasteiger partial charge in [-0.15, -0.1) is 0 Å². The summed E-state index contributed by atoms with van der Waals surface area (Å²) in [4.78, 5) is 72.0. The van der Waals surface area contributed by atoms with E-state index in [2.05, 4.69) is 34.6 Å². The fourth-order valence-electron chi connectivity index (χ4n) is 9.73. The van der Waals surface area contributed by atoms with Gasteiger partial charge in [-0.1, -0.05) is 279 Å². The maximum absolute atomic E-state index is 13.0. The van der Waals surface area contributed by atoms with Crippen molar-refractivity contribution in [3.8, 4) is 0 Å². The molecule has 3 N–H and O–H groups in total. The normalized spacial score (nSPS) is 14.5. The lowest BCUT2D eigenvalue weighted by Gasteiger charge is -2.21. The van der Waals surface area contributed by atoms with Crippen LogP contribution in [0.5, 0.6) is 0 Å². The van der Waals surface area contributed by atoms with E-state index in [-0.39, 0.29) is 25.7 Å². The molecule has 84 heavy (non-hydrogen) atoms. The van der Waals surface area contributed by atoms with Crippen molar-refractivity contribution in [2.24, 2.45) is 5.92 Å². The molecular formula is C65H126O17P2. The van der Waals surface area contributed by atoms with E-state index in [1.165, 1.54) is 148 Å². The number of unbranched alkanes of at least 4 members (excludes halogenated alkanes) is 36. The molecule has 0 spiro atoms. The van der Waals surface area contributed by atoms with E-state index in [1.54, 1.807) is 0 Å². The van der Waals surface area contributed by atoms with Gasteiger partial charge in [0.2, 0.25) is 0 Å². The van der Waals surface area contributed by atoms with Crippen LogP contribution >= 0.6 is 15.6 Å². The smallest absolute Gasteiger partial charge is 0.462 e. The monoisotopic (exact) mass is 1240 g/mol. The molecule has 0 aliphatic rings. The fourth-order valence-corrected chi connectivity index (χ4v) is 11.3. The summed E-state index contributed by atoms with van der Waals surface area (Å²) in [6.45, 7) is 7.10. The molecule has 0 aromatic rings. The largest absolute Gasteiger partial charge is 0.472 e. The van der Waals surface area contributed by atoms with E-state index in [4.69, 9.17) is 37.0 Å². The number of hydrogen-bond acceptors (Lipinski definition) is 15. The summed E-state index contributed by atoms with van der Waals surface area (Å²) < 4.78 is 67.8. The quantitative estimate of drug-likeness (QED) is 0.0222. The van der Waals surface area contributed by atoms with Gasteiger partial charge in [0.05, 0.1) is 26.4 Å². The number of rotatable bonds is 65. The molecule has 0 aliphatic heterocycles. The molecule has 0 saturated carbocycles. The fraction of sp³-hybridized carbons (Fsp3) is 0.938. The Morgan fingerprint density at radius 2 is 0.571 bits per heavy atom. The molecule has 0 fully saturated rings. The maximum Gasteiger partial charge on any atom is 0.472 e. The van der Waals surface area contributed by atoms with Gasteiger partial charge in [0.15, 0.2) is 12.2 Å².